The molecule has 14 heavy (non-hydrogen) atoms. The van der Waals surface area contributed by atoms with Crippen molar-refractivity contribution in [2.24, 2.45) is 5.92 Å². The molecule has 1 atom stereocenters. The van der Waals surface area contributed by atoms with Gasteiger partial charge in [0, 0.05) is 6.04 Å². The van der Waals surface area contributed by atoms with Crippen LogP contribution in [0.5, 0.6) is 0 Å². The molecule has 1 aliphatic rings. The standard InChI is InChI=1S/C13H27N/c1-3-12(2)10-11-14-13-8-6-4-5-7-9-13/h12-14H,3-11H2,1-2H3. The van der Waals surface area contributed by atoms with Crippen LogP contribution in [0.15, 0.2) is 0 Å². The van der Waals surface area contributed by atoms with Crippen molar-refractivity contribution < 1.29 is 0 Å². The summed E-state index contributed by atoms with van der Waals surface area (Å²) in [5.74, 6) is 0.897. The zero-order chi connectivity index (χ0) is 10.2. The Bertz CT molecular complexity index is 125. The summed E-state index contributed by atoms with van der Waals surface area (Å²) in [7, 11) is 0. The Morgan fingerprint density at radius 2 is 1.79 bits per heavy atom. The van der Waals surface area contributed by atoms with Crippen LogP contribution in [-0.4, -0.2) is 12.6 Å². The van der Waals surface area contributed by atoms with Crippen molar-refractivity contribution in [1.82, 2.24) is 5.32 Å². The summed E-state index contributed by atoms with van der Waals surface area (Å²) in [5.41, 5.74) is 0. The van der Waals surface area contributed by atoms with Gasteiger partial charge in [0.1, 0.15) is 0 Å². The van der Waals surface area contributed by atoms with Crippen molar-refractivity contribution in [2.45, 2.75) is 71.3 Å². The summed E-state index contributed by atoms with van der Waals surface area (Å²) in [5, 5.41) is 3.73. The first-order valence-electron chi connectivity index (χ1n) is 6.56. The Balaban J connectivity index is 2.04. The van der Waals surface area contributed by atoms with E-state index in [4.69, 9.17) is 0 Å². The van der Waals surface area contributed by atoms with Crippen molar-refractivity contribution in [3.05, 3.63) is 0 Å². The lowest BCUT2D eigenvalue weighted by atomic mass is 10.0. The van der Waals surface area contributed by atoms with Gasteiger partial charge in [-0.15, -0.1) is 0 Å². The maximum absolute atomic E-state index is 3.73. The van der Waals surface area contributed by atoms with Gasteiger partial charge in [0.25, 0.3) is 0 Å². The third-order valence-corrected chi connectivity index (χ3v) is 3.62. The molecule has 0 spiro atoms. The van der Waals surface area contributed by atoms with Crippen LogP contribution in [0.1, 0.15) is 65.2 Å². The van der Waals surface area contributed by atoms with E-state index in [9.17, 15) is 0 Å². The van der Waals surface area contributed by atoms with Gasteiger partial charge in [0.05, 0.1) is 0 Å². The van der Waals surface area contributed by atoms with E-state index < -0.39 is 0 Å². The fourth-order valence-electron chi connectivity index (χ4n) is 2.22. The van der Waals surface area contributed by atoms with Crippen molar-refractivity contribution in [2.75, 3.05) is 6.54 Å². The van der Waals surface area contributed by atoms with Gasteiger partial charge in [-0.3, -0.25) is 0 Å². The van der Waals surface area contributed by atoms with Crippen molar-refractivity contribution in [3.63, 3.8) is 0 Å². The first-order chi connectivity index (χ1) is 6.83. The SMILES string of the molecule is CCC(C)CCNC1CCCCCC1. The molecule has 0 aromatic rings. The minimum absolute atomic E-state index is 0.835. The Hall–Kier alpha value is -0.0400. The molecule has 0 heterocycles. The molecule has 0 radical (unpaired) electrons. The Kier molecular flexibility index (Phi) is 6.25. The fourth-order valence-corrected chi connectivity index (χ4v) is 2.22. The molecule has 0 aromatic carbocycles. The van der Waals surface area contributed by atoms with E-state index in [1.165, 1.54) is 57.9 Å². The van der Waals surface area contributed by atoms with Crippen molar-refractivity contribution in [3.8, 4) is 0 Å². The molecule has 0 bridgehead atoms. The highest BCUT2D eigenvalue weighted by atomic mass is 14.9. The van der Waals surface area contributed by atoms with Gasteiger partial charge >= 0.3 is 0 Å². The minimum atomic E-state index is 0.835. The second-order valence-electron chi connectivity index (χ2n) is 4.94. The molecule has 1 nitrogen and oxygen atoms in total. The largest absolute Gasteiger partial charge is 0.314 e. The predicted molar refractivity (Wildman–Crippen MR) is 63.6 cm³/mol. The topological polar surface area (TPSA) is 12.0 Å². The zero-order valence-corrected chi connectivity index (χ0v) is 10.0. The summed E-state index contributed by atoms with van der Waals surface area (Å²) in [4.78, 5) is 0. The maximum Gasteiger partial charge on any atom is 0.00670 e. The third-order valence-electron chi connectivity index (χ3n) is 3.62. The molecule has 1 rings (SSSR count). The van der Waals surface area contributed by atoms with Crippen molar-refractivity contribution >= 4 is 0 Å². The average Bonchev–Trinajstić information content (AvgIpc) is 2.46. The molecule has 0 saturated heterocycles. The van der Waals surface area contributed by atoms with Gasteiger partial charge < -0.3 is 5.32 Å². The average molecular weight is 197 g/mol. The van der Waals surface area contributed by atoms with E-state index in [2.05, 4.69) is 19.2 Å². The Labute approximate surface area is 89.7 Å². The lowest BCUT2D eigenvalue weighted by molar-refractivity contribution is 0.418. The van der Waals surface area contributed by atoms with Gasteiger partial charge in [-0.25, -0.2) is 0 Å². The molecule has 84 valence electrons. The molecule has 1 saturated carbocycles. The molecule has 0 aliphatic heterocycles. The number of hydrogen-bond donors (Lipinski definition) is 1. The number of nitrogens with one attached hydrogen (secondary N) is 1. The monoisotopic (exact) mass is 197 g/mol. The molecule has 0 aromatic heterocycles. The first-order valence-corrected chi connectivity index (χ1v) is 6.56. The normalized spacial score (nSPS) is 21.9. The van der Waals surface area contributed by atoms with Crippen LogP contribution < -0.4 is 5.32 Å². The summed E-state index contributed by atoms with van der Waals surface area (Å²) in [6, 6.07) is 0.835. The van der Waals surface area contributed by atoms with Crippen LogP contribution in [0.2, 0.25) is 0 Å². The summed E-state index contributed by atoms with van der Waals surface area (Å²) >= 11 is 0. The fraction of sp³-hybridized carbons (Fsp3) is 1.00. The van der Waals surface area contributed by atoms with Crippen LogP contribution in [0.4, 0.5) is 0 Å². The minimum Gasteiger partial charge on any atom is -0.314 e. The molecule has 1 N–H and O–H groups in total. The molecule has 1 aliphatic carbocycles. The van der Waals surface area contributed by atoms with Gasteiger partial charge in [0.2, 0.25) is 0 Å². The molecule has 1 unspecified atom stereocenters. The zero-order valence-electron chi connectivity index (χ0n) is 10.0. The van der Waals surface area contributed by atoms with Crippen LogP contribution in [0, 0.1) is 5.92 Å². The molecular formula is C13H27N. The number of rotatable bonds is 5. The van der Waals surface area contributed by atoms with Gasteiger partial charge in [-0.05, 0) is 31.7 Å². The molecule has 0 amide bonds. The highest BCUT2D eigenvalue weighted by molar-refractivity contribution is 4.70. The van der Waals surface area contributed by atoms with Crippen LogP contribution in [-0.2, 0) is 0 Å². The lowest BCUT2D eigenvalue weighted by Crippen LogP contribution is -2.30. The molecule has 1 heteroatoms. The molecular weight excluding hydrogens is 170 g/mol. The summed E-state index contributed by atoms with van der Waals surface area (Å²) in [6.07, 6.45) is 11.3. The van der Waals surface area contributed by atoms with Gasteiger partial charge in [-0.2, -0.15) is 0 Å². The predicted octanol–water partition coefficient (Wildman–Crippen LogP) is 3.74. The van der Waals surface area contributed by atoms with E-state index >= 15 is 0 Å². The Morgan fingerprint density at radius 1 is 1.14 bits per heavy atom. The van der Waals surface area contributed by atoms with Crippen LogP contribution >= 0.6 is 0 Å². The lowest BCUT2D eigenvalue weighted by Gasteiger charge is -2.17. The van der Waals surface area contributed by atoms with Crippen molar-refractivity contribution in [1.29, 1.82) is 0 Å². The Morgan fingerprint density at radius 3 is 2.36 bits per heavy atom. The van der Waals surface area contributed by atoms with E-state index in [0.29, 0.717) is 0 Å². The van der Waals surface area contributed by atoms with E-state index in [0.717, 1.165) is 12.0 Å². The van der Waals surface area contributed by atoms with E-state index in [-0.39, 0.29) is 0 Å². The van der Waals surface area contributed by atoms with E-state index in [1.54, 1.807) is 0 Å². The highest BCUT2D eigenvalue weighted by Crippen LogP contribution is 2.17. The summed E-state index contributed by atoms with van der Waals surface area (Å²) in [6.45, 7) is 5.88. The summed E-state index contributed by atoms with van der Waals surface area (Å²) < 4.78 is 0. The maximum atomic E-state index is 3.73. The second kappa shape index (κ2) is 7.28. The van der Waals surface area contributed by atoms with Gasteiger partial charge in [-0.1, -0.05) is 46.0 Å². The first kappa shape index (κ1) is 12.0. The third kappa shape index (κ3) is 4.99. The smallest absolute Gasteiger partial charge is 0.00670 e. The second-order valence-corrected chi connectivity index (χ2v) is 4.94. The van der Waals surface area contributed by atoms with Crippen LogP contribution in [0.3, 0.4) is 0 Å². The van der Waals surface area contributed by atoms with Gasteiger partial charge in [0.15, 0.2) is 0 Å². The quantitative estimate of drug-likeness (QED) is 0.662. The van der Waals surface area contributed by atoms with Crippen LogP contribution in [0.25, 0.3) is 0 Å². The van der Waals surface area contributed by atoms with E-state index in [1.807, 2.05) is 0 Å². The molecule has 1 fully saturated rings. The number of hydrogen-bond acceptors (Lipinski definition) is 1. The highest BCUT2D eigenvalue weighted by Gasteiger charge is 2.11.